The Morgan fingerprint density at radius 3 is 3.08 bits per heavy atom. The molecule has 0 bridgehead atoms. The Hall–Kier alpha value is -1.22. The quantitative estimate of drug-likeness (QED) is 0.751. The van der Waals surface area contributed by atoms with Crippen LogP contribution in [0.25, 0.3) is 11.3 Å². The summed E-state index contributed by atoms with van der Waals surface area (Å²) in [6.45, 7) is 1.95. The number of aromatic nitrogens is 2. The van der Waals surface area contributed by atoms with Crippen LogP contribution in [0.15, 0.2) is 23.0 Å². The van der Waals surface area contributed by atoms with E-state index in [-0.39, 0.29) is 0 Å². The van der Waals surface area contributed by atoms with Gasteiger partial charge in [0.25, 0.3) is 0 Å². The third kappa shape index (κ3) is 1.35. The lowest BCUT2D eigenvalue weighted by Gasteiger charge is -1.94. The number of H-pyrrole nitrogens is 1. The van der Waals surface area contributed by atoms with Crippen LogP contribution in [0.1, 0.15) is 11.3 Å². The van der Waals surface area contributed by atoms with E-state index >= 15 is 0 Å². The number of aryl methyl sites for hydroxylation is 1. The molecule has 2 rings (SSSR count). The highest BCUT2D eigenvalue weighted by Gasteiger charge is 2.11. The van der Waals surface area contributed by atoms with Gasteiger partial charge in [0.05, 0.1) is 24.1 Å². The molecule has 0 spiro atoms. The standard InChI is InChI=1S/C9H9ClN2O/c1-6-8(4-10)9(12-11-6)7-2-3-13-5-7/h2-3,5H,4H2,1H3,(H,11,12). The molecule has 2 aromatic heterocycles. The van der Waals surface area contributed by atoms with E-state index in [1.807, 2.05) is 13.0 Å². The lowest BCUT2D eigenvalue weighted by atomic mass is 10.1. The molecule has 0 amide bonds. The molecule has 4 heteroatoms. The molecule has 0 aliphatic heterocycles. The topological polar surface area (TPSA) is 41.8 Å². The lowest BCUT2D eigenvalue weighted by Crippen LogP contribution is -1.82. The van der Waals surface area contributed by atoms with Gasteiger partial charge in [-0.25, -0.2) is 0 Å². The van der Waals surface area contributed by atoms with Crippen molar-refractivity contribution in [3.8, 4) is 11.3 Å². The molecule has 1 N–H and O–H groups in total. The van der Waals surface area contributed by atoms with Crippen LogP contribution in [0.5, 0.6) is 0 Å². The van der Waals surface area contributed by atoms with Gasteiger partial charge in [-0.1, -0.05) is 0 Å². The number of nitrogens with one attached hydrogen (secondary N) is 1. The monoisotopic (exact) mass is 196 g/mol. The normalized spacial score (nSPS) is 10.6. The summed E-state index contributed by atoms with van der Waals surface area (Å²) >= 11 is 5.80. The van der Waals surface area contributed by atoms with Gasteiger partial charge in [-0.3, -0.25) is 5.10 Å². The maximum atomic E-state index is 5.80. The third-order valence-electron chi connectivity index (χ3n) is 2.00. The van der Waals surface area contributed by atoms with Gasteiger partial charge in [-0.15, -0.1) is 11.6 Å². The predicted molar refractivity (Wildman–Crippen MR) is 50.6 cm³/mol. The number of halogens is 1. The molecule has 0 fully saturated rings. The highest BCUT2D eigenvalue weighted by Crippen LogP contribution is 2.24. The first-order valence-electron chi connectivity index (χ1n) is 3.95. The average molecular weight is 197 g/mol. The largest absolute Gasteiger partial charge is 0.472 e. The molecule has 0 saturated carbocycles. The number of nitrogens with zero attached hydrogens (tertiary/aromatic N) is 1. The molecule has 0 radical (unpaired) electrons. The van der Waals surface area contributed by atoms with E-state index in [1.54, 1.807) is 12.5 Å². The number of hydrogen-bond acceptors (Lipinski definition) is 2. The Labute approximate surface area is 80.7 Å². The Bertz CT molecular complexity index is 392. The lowest BCUT2D eigenvalue weighted by molar-refractivity contribution is 0.568. The zero-order valence-corrected chi connectivity index (χ0v) is 7.93. The van der Waals surface area contributed by atoms with Crippen molar-refractivity contribution in [3.63, 3.8) is 0 Å². The molecule has 0 atom stereocenters. The van der Waals surface area contributed by atoms with E-state index in [2.05, 4.69) is 10.2 Å². The van der Waals surface area contributed by atoms with Crippen molar-refractivity contribution in [2.75, 3.05) is 0 Å². The van der Waals surface area contributed by atoms with Crippen LogP contribution in [0.4, 0.5) is 0 Å². The minimum absolute atomic E-state index is 0.461. The van der Waals surface area contributed by atoms with Crippen molar-refractivity contribution in [3.05, 3.63) is 29.9 Å². The molecule has 0 aliphatic carbocycles. The second-order valence-corrected chi connectivity index (χ2v) is 3.09. The SMILES string of the molecule is Cc1[nH]nc(-c2ccoc2)c1CCl. The van der Waals surface area contributed by atoms with Gasteiger partial charge in [0.15, 0.2) is 0 Å². The van der Waals surface area contributed by atoms with Crippen LogP contribution in [-0.2, 0) is 5.88 Å². The van der Waals surface area contributed by atoms with Crippen LogP contribution < -0.4 is 0 Å². The minimum atomic E-state index is 0.461. The summed E-state index contributed by atoms with van der Waals surface area (Å²) in [5, 5.41) is 7.06. The molecule has 0 unspecified atom stereocenters. The summed E-state index contributed by atoms with van der Waals surface area (Å²) < 4.78 is 4.98. The van der Waals surface area contributed by atoms with E-state index in [1.165, 1.54) is 0 Å². The molecule has 0 saturated heterocycles. The van der Waals surface area contributed by atoms with E-state index in [4.69, 9.17) is 16.0 Å². The van der Waals surface area contributed by atoms with Gasteiger partial charge in [0, 0.05) is 16.8 Å². The molecule has 2 heterocycles. The maximum Gasteiger partial charge on any atom is 0.0999 e. The fraction of sp³-hybridized carbons (Fsp3) is 0.222. The van der Waals surface area contributed by atoms with Crippen molar-refractivity contribution in [1.82, 2.24) is 10.2 Å². The van der Waals surface area contributed by atoms with Crippen LogP contribution in [0.2, 0.25) is 0 Å². The number of aromatic amines is 1. The van der Waals surface area contributed by atoms with E-state index < -0.39 is 0 Å². The zero-order chi connectivity index (χ0) is 9.26. The summed E-state index contributed by atoms with van der Waals surface area (Å²) in [7, 11) is 0. The highest BCUT2D eigenvalue weighted by molar-refractivity contribution is 6.17. The van der Waals surface area contributed by atoms with Crippen molar-refractivity contribution < 1.29 is 4.42 Å². The van der Waals surface area contributed by atoms with Gasteiger partial charge < -0.3 is 4.42 Å². The van der Waals surface area contributed by atoms with Crippen molar-refractivity contribution >= 4 is 11.6 Å². The van der Waals surface area contributed by atoms with Crippen molar-refractivity contribution in [2.24, 2.45) is 0 Å². The summed E-state index contributed by atoms with van der Waals surface area (Å²) in [6, 6.07) is 1.87. The van der Waals surface area contributed by atoms with E-state index in [0.717, 1.165) is 22.5 Å². The molecule has 68 valence electrons. The maximum absolute atomic E-state index is 5.80. The Balaban J connectivity index is 2.52. The summed E-state index contributed by atoms with van der Waals surface area (Å²) in [5.41, 5.74) is 3.87. The summed E-state index contributed by atoms with van der Waals surface area (Å²) in [6.07, 6.45) is 3.28. The first-order chi connectivity index (χ1) is 6.33. The van der Waals surface area contributed by atoms with Crippen LogP contribution in [-0.4, -0.2) is 10.2 Å². The molecule has 13 heavy (non-hydrogen) atoms. The minimum Gasteiger partial charge on any atom is -0.472 e. The summed E-state index contributed by atoms with van der Waals surface area (Å²) in [4.78, 5) is 0. The molecule has 0 aromatic carbocycles. The van der Waals surface area contributed by atoms with E-state index in [0.29, 0.717) is 5.88 Å². The number of furan rings is 1. The molecular formula is C9H9ClN2O. The number of rotatable bonds is 2. The van der Waals surface area contributed by atoms with Crippen molar-refractivity contribution in [2.45, 2.75) is 12.8 Å². The first-order valence-corrected chi connectivity index (χ1v) is 4.48. The van der Waals surface area contributed by atoms with Crippen LogP contribution >= 0.6 is 11.6 Å². The fourth-order valence-corrected chi connectivity index (χ4v) is 1.58. The van der Waals surface area contributed by atoms with Crippen LogP contribution in [0.3, 0.4) is 0 Å². The zero-order valence-electron chi connectivity index (χ0n) is 7.17. The first kappa shape index (κ1) is 8.38. The number of hydrogen-bond donors (Lipinski definition) is 1. The smallest absolute Gasteiger partial charge is 0.0999 e. The summed E-state index contributed by atoms with van der Waals surface area (Å²) in [5.74, 6) is 0.461. The second-order valence-electron chi connectivity index (χ2n) is 2.82. The Morgan fingerprint density at radius 1 is 1.62 bits per heavy atom. The average Bonchev–Trinajstić information content (AvgIpc) is 2.71. The van der Waals surface area contributed by atoms with E-state index in [9.17, 15) is 0 Å². The van der Waals surface area contributed by atoms with Crippen LogP contribution in [0, 0.1) is 6.92 Å². The van der Waals surface area contributed by atoms with Gasteiger partial charge in [-0.05, 0) is 13.0 Å². The number of alkyl halides is 1. The highest BCUT2D eigenvalue weighted by atomic mass is 35.5. The molecule has 2 aromatic rings. The van der Waals surface area contributed by atoms with Gasteiger partial charge in [0.1, 0.15) is 0 Å². The van der Waals surface area contributed by atoms with Crippen molar-refractivity contribution in [1.29, 1.82) is 0 Å². The fourth-order valence-electron chi connectivity index (χ4n) is 1.25. The molecular weight excluding hydrogens is 188 g/mol. The molecule has 0 aliphatic rings. The molecule has 3 nitrogen and oxygen atoms in total. The van der Waals surface area contributed by atoms with Gasteiger partial charge >= 0.3 is 0 Å². The Kier molecular flexibility index (Phi) is 2.10. The predicted octanol–water partition coefficient (Wildman–Crippen LogP) is 2.72. The van der Waals surface area contributed by atoms with Gasteiger partial charge in [0.2, 0.25) is 0 Å². The second kappa shape index (κ2) is 3.26. The Morgan fingerprint density at radius 2 is 2.46 bits per heavy atom. The van der Waals surface area contributed by atoms with Gasteiger partial charge in [-0.2, -0.15) is 5.10 Å². The third-order valence-corrected chi connectivity index (χ3v) is 2.27.